The van der Waals surface area contributed by atoms with E-state index in [0.29, 0.717) is 12.6 Å². The van der Waals surface area contributed by atoms with Gasteiger partial charge >= 0.3 is 0 Å². The van der Waals surface area contributed by atoms with Crippen LogP contribution in [0.25, 0.3) is 10.2 Å². The van der Waals surface area contributed by atoms with Gasteiger partial charge in [0, 0.05) is 6.04 Å². The van der Waals surface area contributed by atoms with Gasteiger partial charge in [-0.3, -0.25) is 9.69 Å². The van der Waals surface area contributed by atoms with Crippen molar-refractivity contribution in [3.05, 3.63) is 29.3 Å². The Kier molecular flexibility index (Phi) is 5.85. The molecular weight excluding hydrogens is 318 g/mol. The van der Waals surface area contributed by atoms with Crippen LogP contribution in [-0.2, 0) is 11.3 Å². The summed E-state index contributed by atoms with van der Waals surface area (Å²) in [5, 5.41) is 4.32. The van der Waals surface area contributed by atoms with Gasteiger partial charge in [-0.25, -0.2) is 4.98 Å². The lowest BCUT2D eigenvalue weighted by Crippen LogP contribution is -2.46. The minimum atomic E-state index is -0.139. The monoisotopic (exact) mass is 345 g/mol. The normalized spacial score (nSPS) is 17.8. The number of nitrogens with zero attached hydrogens (tertiary/aromatic N) is 2. The molecule has 0 aliphatic heterocycles. The highest BCUT2D eigenvalue weighted by molar-refractivity contribution is 7.18. The van der Waals surface area contributed by atoms with Crippen molar-refractivity contribution < 1.29 is 4.79 Å². The molecule has 1 amide bonds. The molecule has 1 aliphatic carbocycles. The summed E-state index contributed by atoms with van der Waals surface area (Å²) in [5.41, 5.74) is 1.04. The number of rotatable bonds is 5. The Morgan fingerprint density at radius 2 is 2.00 bits per heavy atom. The van der Waals surface area contributed by atoms with Gasteiger partial charge in [0.2, 0.25) is 5.91 Å². The molecule has 1 N–H and O–H groups in total. The predicted molar refractivity (Wildman–Crippen MR) is 100 cm³/mol. The molecule has 2 aromatic rings. The first kappa shape index (κ1) is 17.4. The average molecular weight is 346 g/mol. The zero-order valence-corrected chi connectivity index (χ0v) is 15.4. The number of hydrogen-bond donors (Lipinski definition) is 1. The first-order chi connectivity index (χ1) is 11.6. The highest BCUT2D eigenvalue weighted by atomic mass is 32.1. The van der Waals surface area contributed by atoms with Crippen LogP contribution in [0.1, 0.15) is 50.5 Å². The third-order valence-electron chi connectivity index (χ3n) is 4.96. The molecule has 0 spiro atoms. The van der Waals surface area contributed by atoms with E-state index in [1.807, 2.05) is 32.2 Å². The summed E-state index contributed by atoms with van der Waals surface area (Å²) < 4.78 is 1.21. The van der Waals surface area contributed by atoms with Gasteiger partial charge in [-0.15, -0.1) is 11.3 Å². The topological polar surface area (TPSA) is 45.2 Å². The van der Waals surface area contributed by atoms with Crippen molar-refractivity contribution in [3.8, 4) is 0 Å². The largest absolute Gasteiger partial charge is 0.352 e. The van der Waals surface area contributed by atoms with Crippen LogP contribution >= 0.6 is 11.3 Å². The molecule has 1 aromatic heterocycles. The van der Waals surface area contributed by atoms with Gasteiger partial charge in [-0.2, -0.15) is 0 Å². The van der Waals surface area contributed by atoms with Crippen molar-refractivity contribution in [2.45, 2.75) is 64.1 Å². The minimum Gasteiger partial charge on any atom is -0.352 e. The summed E-state index contributed by atoms with van der Waals surface area (Å²) in [7, 11) is 2.00. The number of aromatic nitrogens is 1. The molecule has 1 saturated carbocycles. The van der Waals surface area contributed by atoms with Gasteiger partial charge in [-0.1, -0.05) is 37.8 Å². The van der Waals surface area contributed by atoms with Gasteiger partial charge in [0.05, 0.1) is 22.8 Å². The fraction of sp³-hybridized carbons (Fsp3) is 0.579. The Hall–Kier alpha value is -1.46. The lowest BCUT2D eigenvalue weighted by Gasteiger charge is -2.25. The minimum absolute atomic E-state index is 0.139. The van der Waals surface area contributed by atoms with E-state index < -0.39 is 0 Å². The van der Waals surface area contributed by atoms with Crippen molar-refractivity contribution >= 4 is 27.5 Å². The van der Waals surface area contributed by atoms with Crippen molar-refractivity contribution in [2.75, 3.05) is 7.05 Å². The van der Waals surface area contributed by atoms with Crippen LogP contribution in [-0.4, -0.2) is 34.9 Å². The Morgan fingerprint density at radius 1 is 1.29 bits per heavy atom. The van der Waals surface area contributed by atoms with E-state index in [9.17, 15) is 4.79 Å². The van der Waals surface area contributed by atoms with Crippen molar-refractivity contribution in [3.63, 3.8) is 0 Å². The summed E-state index contributed by atoms with van der Waals surface area (Å²) in [4.78, 5) is 19.3. The molecule has 130 valence electrons. The van der Waals surface area contributed by atoms with E-state index >= 15 is 0 Å². The van der Waals surface area contributed by atoms with Crippen LogP contribution in [0.2, 0.25) is 0 Å². The molecule has 4 nitrogen and oxygen atoms in total. The second kappa shape index (κ2) is 8.08. The number of benzene rings is 1. The lowest BCUT2D eigenvalue weighted by atomic mass is 10.1. The smallest absolute Gasteiger partial charge is 0.237 e. The molecule has 5 heteroatoms. The second-order valence-electron chi connectivity index (χ2n) is 6.86. The second-order valence-corrected chi connectivity index (χ2v) is 7.98. The van der Waals surface area contributed by atoms with Gasteiger partial charge in [0.15, 0.2) is 0 Å². The van der Waals surface area contributed by atoms with E-state index in [1.54, 1.807) is 11.3 Å². The number of hydrogen-bond acceptors (Lipinski definition) is 4. The number of thiazole rings is 1. The van der Waals surface area contributed by atoms with Crippen LogP contribution in [0.15, 0.2) is 24.3 Å². The van der Waals surface area contributed by atoms with E-state index in [-0.39, 0.29) is 11.9 Å². The quantitative estimate of drug-likeness (QED) is 0.835. The van der Waals surface area contributed by atoms with Crippen molar-refractivity contribution in [2.24, 2.45) is 0 Å². The van der Waals surface area contributed by atoms with Crippen molar-refractivity contribution in [1.29, 1.82) is 0 Å². The fourth-order valence-corrected chi connectivity index (χ4v) is 4.31. The van der Waals surface area contributed by atoms with E-state index in [2.05, 4.69) is 21.3 Å². The summed E-state index contributed by atoms with van der Waals surface area (Å²) >= 11 is 1.71. The highest BCUT2D eigenvalue weighted by Gasteiger charge is 2.22. The zero-order valence-electron chi connectivity index (χ0n) is 14.6. The van der Waals surface area contributed by atoms with Crippen LogP contribution < -0.4 is 5.32 Å². The highest BCUT2D eigenvalue weighted by Crippen LogP contribution is 2.23. The standard InChI is InChI=1S/C19H27N3OS/c1-14(19(23)20-15-9-5-3-4-6-10-15)22(2)13-18-21-16-11-7-8-12-17(16)24-18/h7-8,11-12,14-15H,3-6,9-10,13H2,1-2H3,(H,20,23)/t14-/m1/s1. The maximum atomic E-state index is 12.6. The third kappa shape index (κ3) is 4.33. The number of para-hydroxylation sites is 1. The van der Waals surface area contributed by atoms with Crippen LogP contribution in [0.4, 0.5) is 0 Å². The summed E-state index contributed by atoms with van der Waals surface area (Å²) in [6, 6.07) is 8.41. The van der Waals surface area contributed by atoms with E-state index in [4.69, 9.17) is 0 Å². The lowest BCUT2D eigenvalue weighted by molar-refractivity contribution is -0.126. The molecule has 24 heavy (non-hydrogen) atoms. The van der Waals surface area contributed by atoms with Crippen LogP contribution in [0.3, 0.4) is 0 Å². The molecule has 0 radical (unpaired) electrons. The Balaban J connectivity index is 1.56. The van der Waals surface area contributed by atoms with Crippen molar-refractivity contribution in [1.82, 2.24) is 15.2 Å². The number of carbonyl (C=O) groups excluding carboxylic acids is 1. The third-order valence-corrected chi connectivity index (χ3v) is 5.99. The van der Waals surface area contributed by atoms with Crippen LogP contribution in [0.5, 0.6) is 0 Å². The Morgan fingerprint density at radius 3 is 2.71 bits per heavy atom. The van der Waals surface area contributed by atoms with E-state index in [1.165, 1.54) is 30.4 Å². The predicted octanol–water partition coefficient (Wildman–Crippen LogP) is 3.96. The maximum absolute atomic E-state index is 12.6. The molecule has 0 saturated heterocycles. The summed E-state index contributed by atoms with van der Waals surface area (Å²) in [5.74, 6) is 0.144. The Bertz CT molecular complexity index is 643. The molecule has 0 bridgehead atoms. The average Bonchev–Trinajstić information content (AvgIpc) is 2.80. The first-order valence-electron chi connectivity index (χ1n) is 8.98. The Labute approximate surface area is 148 Å². The number of fused-ring (bicyclic) bond motifs is 1. The molecule has 3 rings (SSSR count). The van der Waals surface area contributed by atoms with Gasteiger partial charge in [-0.05, 0) is 38.9 Å². The molecule has 1 atom stereocenters. The van der Waals surface area contributed by atoms with Crippen LogP contribution in [0, 0.1) is 0 Å². The summed E-state index contributed by atoms with van der Waals surface area (Å²) in [6.07, 6.45) is 7.33. The molecule has 1 aliphatic rings. The maximum Gasteiger partial charge on any atom is 0.237 e. The molecule has 1 heterocycles. The number of likely N-dealkylation sites (N-methyl/N-ethyl adjacent to an activating group) is 1. The molecular formula is C19H27N3OS. The van der Waals surface area contributed by atoms with Gasteiger partial charge < -0.3 is 5.32 Å². The zero-order chi connectivity index (χ0) is 16.9. The molecule has 1 fully saturated rings. The number of carbonyl (C=O) groups is 1. The fourth-order valence-electron chi connectivity index (χ4n) is 3.28. The molecule has 1 aromatic carbocycles. The summed E-state index contributed by atoms with van der Waals surface area (Å²) in [6.45, 7) is 2.69. The number of nitrogens with one attached hydrogen (secondary N) is 1. The first-order valence-corrected chi connectivity index (χ1v) is 9.80. The van der Waals surface area contributed by atoms with Gasteiger partial charge in [0.1, 0.15) is 5.01 Å². The molecule has 0 unspecified atom stereocenters. The SMILES string of the molecule is C[C@H](C(=O)NC1CCCCCC1)N(C)Cc1nc2ccccc2s1. The van der Waals surface area contributed by atoms with Gasteiger partial charge in [0.25, 0.3) is 0 Å². The van der Waals surface area contributed by atoms with E-state index in [0.717, 1.165) is 23.4 Å². The number of amides is 1.